The molecule has 1 amide bonds. The summed E-state index contributed by atoms with van der Waals surface area (Å²) in [4.78, 5) is 27.0. The molecule has 0 aliphatic carbocycles. The van der Waals surface area contributed by atoms with Crippen LogP contribution < -0.4 is 14.7 Å². The first-order valence-electron chi connectivity index (χ1n) is 21.4. The van der Waals surface area contributed by atoms with E-state index in [2.05, 4.69) is 20.8 Å². The number of carbonyl (C=O) groups is 1. The van der Waals surface area contributed by atoms with E-state index >= 15 is 0 Å². The lowest BCUT2D eigenvalue weighted by Crippen LogP contribution is -2.38. The highest BCUT2D eigenvalue weighted by Gasteiger charge is 2.36. The number of pyridine rings is 1. The molecule has 0 radical (unpaired) electrons. The van der Waals surface area contributed by atoms with E-state index in [9.17, 15) is 4.79 Å². The predicted octanol–water partition coefficient (Wildman–Crippen LogP) is 13.9. The van der Waals surface area contributed by atoms with Gasteiger partial charge in [-0.3, -0.25) is 4.57 Å². The first kappa shape index (κ1) is 31.4. The Bertz CT molecular complexity index is 3200. The molecule has 7 heteroatoms. The Morgan fingerprint density at radius 2 is 1.29 bits per heavy atom. The molecule has 1 aliphatic heterocycles. The fraction of sp³-hybridized carbons (Fsp3) is 0.0769. The molecule has 0 saturated heterocycles. The van der Waals surface area contributed by atoms with Gasteiger partial charge in [0.25, 0.3) is 0 Å². The molecular formula is C52H40N4O3. The number of anilines is 4. The predicted molar refractivity (Wildman–Crippen MR) is 238 cm³/mol. The van der Waals surface area contributed by atoms with Gasteiger partial charge in [0, 0.05) is 40.2 Å². The molecule has 0 bridgehead atoms. The minimum absolute atomic E-state index is 0.129. The Morgan fingerprint density at radius 3 is 2.02 bits per heavy atom. The number of para-hydroxylation sites is 4. The van der Waals surface area contributed by atoms with Gasteiger partial charge in [0.15, 0.2) is 0 Å². The molecule has 7 aromatic carbocycles. The Morgan fingerprint density at radius 1 is 0.627 bits per heavy atom. The highest BCUT2D eigenvalue weighted by atomic mass is 16.7. The highest BCUT2D eigenvalue weighted by Crippen LogP contribution is 2.49. The molecule has 0 atom stereocenters. The number of rotatable bonds is 7. The van der Waals surface area contributed by atoms with Crippen LogP contribution in [0.25, 0.3) is 49.9 Å². The van der Waals surface area contributed by atoms with Crippen molar-refractivity contribution in [3.63, 3.8) is 0 Å². The fourth-order valence-electron chi connectivity index (χ4n) is 7.79. The van der Waals surface area contributed by atoms with Crippen molar-refractivity contribution >= 4 is 50.6 Å². The zero-order valence-corrected chi connectivity index (χ0v) is 32.6. The van der Waals surface area contributed by atoms with Gasteiger partial charge in [-0.15, -0.1) is 0 Å². The molecule has 286 valence electrons. The summed E-state index contributed by atoms with van der Waals surface area (Å²) in [7, 11) is 0. The summed E-state index contributed by atoms with van der Waals surface area (Å²) in [6, 6.07) is 49.4. The first-order chi connectivity index (χ1) is 30.5. The second-order valence-corrected chi connectivity index (χ2v) is 15.4. The third kappa shape index (κ3) is 6.43. The summed E-state index contributed by atoms with van der Waals surface area (Å²) in [5, 5.41) is 2.66. The number of amides is 1. The van der Waals surface area contributed by atoms with Crippen LogP contribution in [0.2, 0.25) is 0 Å². The van der Waals surface area contributed by atoms with E-state index < -0.39 is 6.09 Å². The van der Waals surface area contributed by atoms with Crippen molar-refractivity contribution in [2.45, 2.75) is 26.2 Å². The standard InChI is InChI=1S/C52H40N4O3/c1-52(2,3)37-30-31-53-49(32-37)55-45-25-11-10-22-43(45)44-29-28-40(34-48(44)55)58-39-21-14-20-38(33-39)54-46-26-12-13-27-47(46)56(59-51(54)57)50-41(35-16-6-4-7-17-35)23-15-24-42(50)36-18-8-5-9-19-36/h4-34H,1-3H3/i10D,11D,22D,25D. The SMILES string of the molecule is [2H]c1c([2H])c([2H])c2c(c1[2H])c1ccc(Oc3cccc(N4C(=O)ON(c5c(-c6ccccc6)cccc5-c5ccccc5)c5ccccc54)c3)cc1n2-c1cc(C(C)(C)C)ccn1. The van der Waals surface area contributed by atoms with Crippen LogP contribution in [0.1, 0.15) is 31.8 Å². The summed E-state index contributed by atoms with van der Waals surface area (Å²) >= 11 is 0. The number of aromatic nitrogens is 2. The Balaban J connectivity index is 1.06. The third-order valence-corrected chi connectivity index (χ3v) is 10.6. The topological polar surface area (TPSA) is 59.8 Å². The molecular weight excluding hydrogens is 729 g/mol. The van der Waals surface area contributed by atoms with Gasteiger partial charge < -0.3 is 9.57 Å². The molecule has 9 aromatic rings. The monoisotopic (exact) mass is 772 g/mol. The van der Waals surface area contributed by atoms with Crippen molar-refractivity contribution in [1.29, 1.82) is 0 Å². The summed E-state index contributed by atoms with van der Waals surface area (Å²) < 4.78 is 43.3. The van der Waals surface area contributed by atoms with Gasteiger partial charge in [0.1, 0.15) is 23.0 Å². The molecule has 0 saturated carbocycles. The molecule has 1 aliphatic rings. The number of ether oxygens (including phenoxy) is 1. The molecule has 3 heterocycles. The van der Waals surface area contributed by atoms with Crippen LogP contribution in [0.3, 0.4) is 0 Å². The fourth-order valence-corrected chi connectivity index (χ4v) is 7.79. The van der Waals surface area contributed by atoms with Gasteiger partial charge in [0.05, 0.1) is 33.6 Å². The van der Waals surface area contributed by atoms with Crippen LogP contribution in [-0.2, 0) is 10.3 Å². The van der Waals surface area contributed by atoms with E-state index in [-0.39, 0.29) is 29.6 Å². The molecule has 0 fully saturated rings. The van der Waals surface area contributed by atoms with Gasteiger partial charge in [-0.25, -0.2) is 14.7 Å². The molecule has 10 rings (SSSR count). The number of fused-ring (bicyclic) bond motifs is 4. The molecule has 2 aromatic heterocycles. The number of hydrogen-bond donors (Lipinski definition) is 0. The summed E-state index contributed by atoms with van der Waals surface area (Å²) in [6.45, 7) is 6.32. The van der Waals surface area contributed by atoms with E-state index in [4.69, 9.17) is 20.0 Å². The third-order valence-electron chi connectivity index (χ3n) is 10.6. The van der Waals surface area contributed by atoms with Gasteiger partial charge in [0.2, 0.25) is 0 Å². The molecule has 0 spiro atoms. The summed E-state index contributed by atoms with van der Waals surface area (Å²) in [6.07, 6.45) is 1.11. The van der Waals surface area contributed by atoms with E-state index in [1.807, 2.05) is 140 Å². The van der Waals surface area contributed by atoms with Crippen LogP contribution in [0.15, 0.2) is 188 Å². The second kappa shape index (κ2) is 14.4. The largest absolute Gasteiger partial charge is 0.457 e. The van der Waals surface area contributed by atoms with E-state index in [0.717, 1.165) is 33.5 Å². The van der Waals surface area contributed by atoms with Crippen molar-refractivity contribution in [2.75, 3.05) is 9.96 Å². The maximum atomic E-state index is 14.5. The number of carbonyl (C=O) groups excluding carboxylic acids is 1. The number of hydrogen-bond acceptors (Lipinski definition) is 5. The van der Waals surface area contributed by atoms with Crippen molar-refractivity contribution in [3.8, 4) is 39.6 Å². The molecule has 7 nitrogen and oxygen atoms in total. The number of nitrogens with zero attached hydrogens (tertiary/aromatic N) is 4. The lowest BCUT2D eigenvalue weighted by molar-refractivity contribution is 0.153. The van der Waals surface area contributed by atoms with Gasteiger partial charge in [-0.1, -0.05) is 136 Å². The van der Waals surface area contributed by atoms with Crippen LogP contribution in [0.4, 0.5) is 27.5 Å². The molecule has 59 heavy (non-hydrogen) atoms. The normalized spacial score (nSPS) is 13.7. The lowest BCUT2D eigenvalue weighted by atomic mass is 9.88. The minimum Gasteiger partial charge on any atom is -0.457 e. The van der Waals surface area contributed by atoms with Crippen LogP contribution in [-0.4, -0.2) is 15.6 Å². The second-order valence-electron chi connectivity index (χ2n) is 15.4. The maximum absolute atomic E-state index is 14.5. The highest BCUT2D eigenvalue weighted by molar-refractivity contribution is 6.10. The van der Waals surface area contributed by atoms with Gasteiger partial charge in [-0.05, 0) is 76.7 Å². The average Bonchev–Trinajstić information content (AvgIpc) is 3.65. The average molecular weight is 773 g/mol. The van der Waals surface area contributed by atoms with Crippen LogP contribution in [0, 0.1) is 0 Å². The van der Waals surface area contributed by atoms with E-state index in [0.29, 0.717) is 56.2 Å². The first-order valence-corrected chi connectivity index (χ1v) is 19.4. The molecule has 0 N–H and O–H groups in total. The van der Waals surface area contributed by atoms with Crippen LogP contribution >= 0.6 is 0 Å². The zero-order chi connectivity index (χ0) is 43.6. The van der Waals surface area contributed by atoms with Crippen molar-refractivity contribution < 1.29 is 19.9 Å². The summed E-state index contributed by atoms with van der Waals surface area (Å²) in [5.41, 5.74) is 8.02. The Labute approximate surface area is 348 Å². The van der Waals surface area contributed by atoms with E-state index in [1.54, 1.807) is 34.0 Å². The zero-order valence-electron chi connectivity index (χ0n) is 36.6. The summed E-state index contributed by atoms with van der Waals surface area (Å²) in [5.74, 6) is 1.41. The van der Waals surface area contributed by atoms with Gasteiger partial charge >= 0.3 is 6.09 Å². The van der Waals surface area contributed by atoms with Gasteiger partial charge in [-0.2, -0.15) is 5.06 Å². The Hall–Kier alpha value is -7.64. The minimum atomic E-state index is -0.608. The van der Waals surface area contributed by atoms with Crippen molar-refractivity contribution in [2.24, 2.45) is 0 Å². The van der Waals surface area contributed by atoms with Crippen LogP contribution in [0.5, 0.6) is 11.5 Å². The maximum Gasteiger partial charge on any atom is 0.443 e. The quantitative estimate of drug-likeness (QED) is 0.161. The Kier molecular flexibility index (Phi) is 7.67. The molecule has 0 unspecified atom stereocenters. The smallest absolute Gasteiger partial charge is 0.443 e. The number of benzene rings is 7. The van der Waals surface area contributed by atoms with Crippen molar-refractivity contribution in [3.05, 3.63) is 194 Å². The van der Waals surface area contributed by atoms with Crippen molar-refractivity contribution in [1.82, 2.24) is 9.55 Å². The van der Waals surface area contributed by atoms with E-state index in [1.165, 1.54) is 4.90 Å². The lowest BCUT2D eigenvalue weighted by Gasteiger charge is -2.37.